The van der Waals surface area contributed by atoms with E-state index in [1.165, 1.54) is 16.9 Å². The highest BCUT2D eigenvalue weighted by molar-refractivity contribution is 7.10. The molecule has 0 aliphatic rings. The topological polar surface area (TPSA) is 26.0 Å². The molecule has 0 unspecified atom stereocenters. The van der Waals surface area contributed by atoms with Crippen LogP contribution in [-0.4, -0.2) is 0 Å². The van der Waals surface area contributed by atoms with Gasteiger partial charge in [0.15, 0.2) is 0 Å². The third-order valence-electron chi connectivity index (χ3n) is 2.29. The summed E-state index contributed by atoms with van der Waals surface area (Å²) in [5.74, 6) is 0.756. The minimum absolute atomic E-state index is 0.252. The van der Waals surface area contributed by atoms with E-state index in [0.717, 1.165) is 12.3 Å². The van der Waals surface area contributed by atoms with Crippen molar-refractivity contribution in [3.63, 3.8) is 0 Å². The van der Waals surface area contributed by atoms with Gasteiger partial charge >= 0.3 is 0 Å². The van der Waals surface area contributed by atoms with E-state index >= 15 is 0 Å². The van der Waals surface area contributed by atoms with Crippen LogP contribution >= 0.6 is 11.3 Å². The van der Waals surface area contributed by atoms with Crippen LogP contribution in [0.25, 0.3) is 0 Å². The summed E-state index contributed by atoms with van der Waals surface area (Å²) in [7, 11) is 0. The lowest BCUT2D eigenvalue weighted by Crippen LogP contribution is -2.10. The third-order valence-corrected chi connectivity index (χ3v) is 3.44. The van der Waals surface area contributed by atoms with E-state index in [4.69, 9.17) is 5.73 Å². The molecule has 1 nitrogen and oxygen atoms in total. The summed E-state index contributed by atoms with van der Waals surface area (Å²) in [5.41, 5.74) is 7.45. The molecule has 1 rings (SSSR count). The molecule has 2 heteroatoms. The molecule has 0 aliphatic carbocycles. The average molecular weight is 197 g/mol. The standard InChI is InChI=1S/C11H19NS/c1-8(2)4-5-10(12)11-9(3)6-7-13-11/h6-8,10H,4-5,12H2,1-3H3/t10-/m0/s1. The maximum atomic E-state index is 6.10. The van der Waals surface area contributed by atoms with Crippen molar-refractivity contribution in [3.05, 3.63) is 21.9 Å². The van der Waals surface area contributed by atoms with E-state index in [2.05, 4.69) is 32.2 Å². The van der Waals surface area contributed by atoms with Crippen molar-refractivity contribution in [1.29, 1.82) is 0 Å². The fourth-order valence-electron chi connectivity index (χ4n) is 1.41. The first-order valence-electron chi connectivity index (χ1n) is 4.91. The van der Waals surface area contributed by atoms with Crippen LogP contribution in [0.5, 0.6) is 0 Å². The number of hydrogen-bond acceptors (Lipinski definition) is 2. The van der Waals surface area contributed by atoms with Gasteiger partial charge in [0.1, 0.15) is 0 Å². The van der Waals surface area contributed by atoms with Gasteiger partial charge in [0.25, 0.3) is 0 Å². The van der Waals surface area contributed by atoms with Gasteiger partial charge in [-0.1, -0.05) is 13.8 Å². The van der Waals surface area contributed by atoms with Crippen molar-refractivity contribution in [2.45, 2.75) is 39.7 Å². The zero-order valence-electron chi connectivity index (χ0n) is 8.71. The lowest BCUT2D eigenvalue weighted by atomic mass is 10.0. The van der Waals surface area contributed by atoms with Gasteiger partial charge < -0.3 is 5.73 Å². The lowest BCUT2D eigenvalue weighted by molar-refractivity contribution is 0.510. The van der Waals surface area contributed by atoms with Gasteiger partial charge in [-0.25, -0.2) is 0 Å². The van der Waals surface area contributed by atoms with E-state index in [0.29, 0.717) is 0 Å². The fraction of sp³-hybridized carbons (Fsp3) is 0.636. The Morgan fingerprint density at radius 2 is 2.08 bits per heavy atom. The van der Waals surface area contributed by atoms with Crippen molar-refractivity contribution in [3.8, 4) is 0 Å². The summed E-state index contributed by atoms with van der Waals surface area (Å²) in [6.07, 6.45) is 2.33. The van der Waals surface area contributed by atoms with Crippen LogP contribution in [-0.2, 0) is 0 Å². The van der Waals surface area contributed by atoms with Crippen LogP contribution in [0.1, 0.15) is 43.2 Å². The Balaban J connectivity index is 2.49. The lowest BCUT2D eigenvalue weighted by Gasteiger charge is -2.12. The molecule has 1 atom stereocenters. The SMILES string of the molecule is Cc1ccsc1[C@@H](N)CCC(C)C. The number of thiophene rings is 1. The predicted octanol–water partition coefficient (Wildman–Crippen LogP) is 3.49. The highest BCUT2D eigenvalue weighted by Crippen LogP contribution is 2.26. The number of nitrogens with two attached hydrogens (primary N) is 1. The predicted molar refractivity (Wildman–Crippen MR) is 60.1 cm³/mol. The van der Waals surface area contributed by atoms with Crippen molar-refractivity contribution in [2.75, 3.05) is 0 Å². The molecule has 1 heterocycles. The molecule has 0 aliphatic heterocycles. The molecule has 1 aromatic rings. The van der Waals surface area contributed by atoms with Gasteiger partial charge in [-0.15, -0.1) is 11.3 Å². The van der Waals surface area contributed by atoms with Crippen molar-refractivity contribution in [1.82, 2.24) is 0 Å². The van der Waals surface area contributed by atoms with Crippen molar-refractivity contribution < 1.29 is 0 Å². The molecule has 0 aromatic carbocycles. The van der Waals surface area contributed by atoms with Crippen LogP contribution < -0.4 is 5.73 Å². The fourth-order valence-corrected chi connectivity index (χ4v) is 2.37. The number of rotatable bonds is 4. The summed E-state index contributed by atoms with van der Waals surface area (Å²) in [6.45, 7) is 6.63. The van der Waals surface area contributed by atoms with Gasteiger partial charge in [-0.05, 0) is 42.7 Å². The first kappa shape index (κ1) is 10.7. The Kier molecular flexibility index (Phi) is 3.94. The quantitative estimate of drug-likeness (QED) is 0.785. The molecular weight excluding hydrogens is 178 g/mol. The maximum absolute atomic E-state index is 6.10. The van der Waals surface area contributed by atoms with E-state index in [1.807, 2.05) is 0 Å². The van der Waals surface area contributed by atoms with Gasteiger partial charge in [0, 0.05) is 10.9 Å². The molecule has 0 radical (unpaired) electrons. The highest BCUT2D eigenvalue weighted by Gasteiger charge is 2.10. The second-order valence-corrected chi connectivity index (χ2v) is 4.99. The summed E-state index contributed by atoms with van der Waals surface area (Å²) in [6, 6.07) is 2.40. The smallest absolute Gasteiger partial charge is 0.0392 e. The third kappa shape index (κ3) is 3.12. The molecule has 13 heavy (non-hydrogen) atoms. The monoisotopic (exact) mass is 197 g/mol. The first-order valence-corrected chi connectivity index (χ1v) is 5.78. The Morgan fingerprint density at radius 3 is 2.54 bits per heavy atom. The minimum Gasteiger partial charge on any atom is -0.323 e. The second-order valence-electron chi connectivity index (χ2n) is 4.05. The van der Waals surface area contributed by atoms with E-state index in [-0.39, 0.29) is 6.04 Å². The van der Waals surface area contributed by atoms with Gasteiger partial charge in [0.05, 0.1) is 0 Å². The van der Waals surface area contributed by atoms with Gasteiger partial charge in [-0.3, -0.25) is 0 Å². The molecule has 0 fully saturated rings. The second kappa shape index (κ2) is 4.77. The molecule has 2 N–H and O–H groups in total. The molecule has 0 bridgehead atoms. The van der Waals surface area contributed by atoms with E-state index in [9.17, 15) is 0 Å². The van der Waals surface area contributed by atoms with Crippen LogP contribution in [0.15, 0.2) is 11.4 Å². The minimum atomic E-state index is 0.252. The molecule has 0 saturated heterocycles. The van der Waals surface area contributed by atoms with Crippen LogP contribution in [0.2, 0.25) is 0 Å². The maximum Gasteiger partial charge on any atom is 0.0392 e. The van der Waals surface area contributed by atoms with E-state index in [1.54, 1.807) is 11.3 Å². The first-order chi connectivity index (χ1) is 6.11. The Morgan fingerprint density at radius 1 is 1.38 bits per heavy atom. The van der Waals surface area contributed by atoms with Gasteiger partial charge in [-0.2, -0.15) is 0 Å². The molecule has 74 valence electrons. The molecular formula is C11H19NS. The zero-order valence-corrected chi connectivity index (χ0v) is 9.53. The average Bonchev–Trinajstić information content (AvgIpc) is 2.47. The highest BCUT2D eigenvalue weighted by atomic mass is 32.1. The van der Waals surface area contributed by atoms with Crippen molar-refractivity contribution >= 4 is 11.3 Å². The van der Waals surface area contributed by atoms with Crippen LogP contribution in [0.3, 0.4) is 0 Å². The normalized spacial score (nSPS) is 13.6. The van der Waals surface area contributed by atoms with E-state index < -0.39 is 0 Å². The molecule has 0 saturated carbocycles. The Bertz CT molecular complexity index is 252. The Labute approximate surface area is 85.0 Å². The summed E-state index contributed by atoms with van der Waals surface area (Å²) < 4.78 is 0. The zero-order chi connectivity index (χ0) is 9.84. The summed E-state index contributed by atoms with van der Waals surface area (Å²) >= 11 is 1.78. The summed E-state index contributed by atoms with van der Waals surface area (Å²) in [4.78, 5) is 1.36. The van der Waals surface area contributed by atoms with Crippen LogP contribution in [0.4, 0.5) is 0 Å². The largest absolute Gasteiger partial charge is 0.323 e. The number of hydrogen-bond donors (Lipinski definition) is 1. The molecule has 1 aromatic heterocycles. The Hall–Kier alpha value is -0.340. The van der Waals surface area contributed by atoms with Crippen LogP contribution in [0, 0.1) is 12.8 Å². The molecule has 0 amide bonds. The number of aryl methyl sites for hydroxylation is 1. The van der Waals surface area contributed by atoms with Crippen molar-refractivity contribution in [2.24, 2.45) is 11.7 Å². The summed E-state index contributed by atoms with van der Waals surface area (Å²) in [5, 5.41) is 2.12. The molecule has 0 spiro atoms. The van der Waals surface area contributed by atoms with Gasteiger partial charge in [0.2, 0.25) is 0 Å².